The SMILES string of the molecule is CC1CCC(NS(=O)(=O)CC(=O)NCCCN)CC1. The van der Waals surface area contributed by atoms with Crippen LogP contribution in [0.2, 0.25) is 0 Å². The summed E-state index contributed by atoms with van der Waals surface area (Å²) < 4.78 is 26.3. The Labute approximate surface area is 115 Å². The van der Waals surface area contributed by atoms with Gasteiger partial charge in [0.25, 0.3) is 0 Å². The highest BCUT2D eigenvalue weighted by molar-refractivity contribution is 7.90. The lowest BCUT2D eigenvalue weighted by Gasteiger charge is -2.26. The summed E-state index contributed by atoms with van der Waals surface area (Å²) in [6.45, 7) is 3.08. The number of hydrogen-bond donors (Lipinski definition) is 3. The summed E-state index contributed by atoms with van der Waals surface area (Å²) in [4.78, 5) is 11.5. The molecular formula is C12H25N3O3S. The monoisotopic (exact) mass is 291 g/mol. The molecule has 1 saturated carbocycles. The van der Waals surface area contributed by atoms with E-state index in [0.29, 0.717) is 25.4 Å². The third-order valence-electron chi connectivity index (χ3n) is 3.39. The van der Waals surface area contributed by atoms with Crippen molar-refractivity contribution in [3.8, 4) is 0 Å². The first-order valence-electron chi connectivity index (χ1n) is 6.89. The van der Waals surface area contributed by atoms with Crippen molar-refractivity contribution < 1.29 is 13.2 Å². The van der Waals surface area contributed by atoms with Crippen molar-refractivity contribution >= 4 is 15.9 Å². The van der Waals surface area contributed by atoms with Gasteiger partial charge in [-0.05, 0) is 44.6 Å². The standard InChI is InChI=1S/C12H25N3O3S/c1-10-3-5-11(6-4-10)15-19(17,18)9-12(16)14-8-2-7-13/h10-11,15H,2-9,13H2,1H3,(H,14,16). The van der Waals surface area contributed by atoms with Gasteiger partial charge >= 0.3 is 0 Å². The van der Waals surface area contributed by atoms with Gasteiger partial charge in [0.15, 0.2) is 0 Å². The molecule has 7 heteroatoms. The lowest BCUT2D eigenvalue weighted by atomic mass is 9.88. The highest BCUT2D eigenvalue weighted by atomic mass is 32.2. The fraction of sp³-hybridized carbons (Fsp3) is 0.917. The van der Waals surface area contributed by atoms with Gasteiger partial charge in [-0.2, -0.15) is 0 Å². The Morgan fingerprint density at radius 1 is 1.26 bits per heavy atom. The maximum absolute atomic E-state index is 11.8. The first kappa shape index (κ1) is 16.4. The van der Waals surface area contributed by atoms with Crippen LogP contribution in [0.1, 0.15) is 39.0 Å². The Morgan fingerprint density at radius 2 is 1.89 bits per heavy atom. The maximum Gasteiger partial charge on any atom is 0.236 e. The number of nitrogens with one attached hydrogen (secondary N) is 2. The molecule has 0 aromatic rings. The topological polar surface area (TPSA) is 101 Å². The van der Waals surface area contributed by atoms with E-state index in [2.05, 4.69) is 17.0 Å². The molecule has 1 fully saturated rings. The van der Waals surface area contributed by atoms with Crippen LogP contribution in [-0.4, -0.2) is 39.2 Å². The first-order chi connectivity index (χ1) is 8.93. The molecule has 0 atom stereocenters. The van der Waals surface area contributed by atoms with Crippen LogP contribution in [0.25, 0.3) is 0 Å². The molecule has 4 N–H and O–H groups in total. The fourth-order valence-corrected chi connectivity index (χ4v) is 3.50. The van der Waals surface area contributed by atoms with Crippen molar-refractivity contribution in [2.24, 2.45) is 11.7 Å². The van der Waals surface area contributed by atoms with E-state index in [4.69, 9.17) is 5.73 Å². The summed E-state index contributed by atoms with van der Waals surface area (Å²) in [5, 5.41) is 2.55. The molecule has 112 valence electrons. The van der Waals surface area contributed by atoms with Crippen LogP contribution in [-0.2, 0) is 14.8 Å². The van der Waals surface area contributed by atoms with Crippen LogP contribution in [0.5, 0.6) is 0 Å². The molecule has 1 aliphatic carbocycles. The molecule has 1 amide bonds. The molecule has 0 unspecified atom stereocenters. The quantitative estimate of drug-likeness (QED) is 0.572. The Kier molecular flexibility index (Phi) is 6.74. The zero-order chi connectivity index (χ0) is 14.3. The van der Waals surface area contributed by atoms with Crippen molar-refractivity contribution in [1.29, 1.82) is 0 Å². The summed E-state index contributed by atoms with van der Waals surface area (Å²) in [6.07, 6.45) is 4.44. The van der Waals surface area contributed by atoms with Crippen LogP contribution in [0.3, 0.4) is 0 Å². The first-order valence-corrected chi connectivity index (χ1v) is 8.55. The molecule has 1 aliphatic rings. The molecule has 0 heterocycles. The summed E-state index contributed by atoms with van der Waals surface area (Å²) in [5.41, 5.74) is 5.29. The second kappa shape index (κ2) is 7.81. The van der Waals surface area contributed by atoms with Gasteiger partial charge in [0, 0.05) is 12.6 Å². The van der Waals surface area contributed by atoms with Gasteiger partial charge in [-0.25, -0.2) is 13.1 Å². The average Bonchev–Trinajstić information content (AvgIpc) is 2.31. The Morgan fingerprint density at radius 3 is 2.47 bits per heavy atom. The predicted molar refractivity (Wildman–Crippen MR) is 75.0 cm³/mol. The van der Waals surface area contributed by atoms with Gasteiger partial charge < -0.3 is 11.1 Å². The molecule has 0 bridgehead atoms. The van der Waals surface area contributed by atoms with Gasteiger partial charge in [0.1, 0.15) is 5.75 Å². The second-order valence-corrected chi connectivity index (χ2v) is 7.08. The van der Waals surface area contributed by atoms with Crippen LogP contribution in [0.15, 0.2) is 0 Å². The molecule has 19 heavy (non-hydrogen) atoms. The Bertz CT molecular complexity index is 376. The van der Waals surface area contributed by atoms with E-state index in [-0.39, 0.29) is 6.04 Å². The van der Waals surface area contributed by atoms with Crippen molar-refractivity contribution in [3.63, 3.8) is 0 Å². The number of nitrogens with two attached hydrogens (primary N) is 1. The average molecular weight is 291 g/mol. The van der Waals surface area contributed by atoms with Gasteiger partial charge in [-0.1, -0.05) is 6.92 Å². The van der Waals surface area contributed by atoms with Crippen molar-refractivity contribution in [3.05, 3.63) is 0 Å². The number of rotatable bonds is 7. The summed E-state index contributed by atoms with van der Waals surface area (Å²) in [5.74, 6) is -0.297. The van der Waals surface area contributed by atoms with Gasteiger partial charge in [0.05, 0.1) is 0 Å². The summed E-state index contributed by atoms with van der Waals surface area (Å²) in [6, 6.07) is -0.0157. The minimum atomic E-state index is -3.53. The normalized spacial score (nSPS) is 24.1. The van der Waals surface area contributed by atoms with Crippen LogP contribution in [0.4, 0.5) is 0 Å². The molecule has 0 radical (unpaired) electrons. The van der Waals surface area contributed by atoms with Crippen LogP contribution < -0.4 is 15.8 Å². The lowest BCUT2D eigenvalue weighted by molar-refractivity contribution is -0.118. The van der Waals surface area contributed by atoms with Crippen molar-refractivity contribution in [2.45, 2.75) is 45.1 Å². The van der Waals surface area contributed by atoms with Crippen LogP contribution in [0, 0.1) is 5.92 Å². The predicted octanol–water partition coefficient (Wildman–Crippen LogP) is -0.0505. The van der Waals surface area contributed by atoms with Gasteiger partial charge in [-0.15, -0.1) is 0 Å². The van der Waals surface area contributed by atoms with Gasteiger partial charge in [0.2, 0.25) is 15.9 Å². The molecule has 0 saturated heterocycles. The third-order valence-corrected chi connectivity index (χ3v) is 4.72. The minimum Gasteiger partial charge on any atom is -0.355 e. The smallest absolute Gasteiger partial charge is 0.236 e. The van der Waals surface area contributed by atoms with Crippen LogP contribution >= 0.6 is 0 Å². The fourth-order valence-electron chi connectivity index (χ4n) is 2.23. The lowest BCUT2D eigenvalue weighted by Crippen LogP contribution is -2.42. The maximum atomic E-state index is 11.8. The van der Waals surface area contributed by atoms with E-state index in [1.54, 1.807) is 0 Å². The number of hydrogen-bond acceptors (Lipinski definition) is 4. The Hall–Kier alpha value is -0.660. The van der Waals surface area contributed by atoms with E-state index in [1.165, 1.54) is 0 Å². The summed E-state index contributed by atoms with van der Waals surface area (Å²) in [7, 11) is -3.53. The largest absolute Gasteiger partial charge is 0.355 e. The molecule has 1 rings (SSSR count). The molecule has 0 aliphatic heterocycles. The molecule has 0 aromatic carbocycles. The number of carbonyl (C=O) groups is 1. The minimum absolute atomic E-state index is 0.0157. The summed E-state index contributed by atoms with van der Waals surface area (Å²) >= 11 is 0. The van der Waals surface area contributed by atoms with Gasteiger partial charge in [-0.3, -0.25) is 4.79 Å². The molecule has 6 nitrogen and oxygen atoms in total. The zero-order valence-electron chi connectivity index (χ0n) is 11.5. The van der Waals surface area contributed by atoms with Crippen molar-refractivity contribution in [1.82, 2.24) is 10.0 Å². The number of carbonyl (C=O) groups excluding carboxylic acids is 1. The van der Waals surface area contributed by atoms with E-state index < -0.39 is 21.7 Å². The molecular weight excluding hydrogens is 266 g/mol. The Balaban J connectivity index is 2.33. The van der Waals surface area contributed by atoms with E-state index in [1.807, 2.05) is 0 Å². The second-order valence-electron chi connectivity index (χ2n) is 5.33. The third kappa shape index (κ3) is 6.89. The molecule has 0 spiro atoms. The highest BCUT2D eigenvalue weighted by Crippen LogP contribution is 2.23. The van der Waals surface area contributed by atoms with E-state index in [0.717, 1.165) is 25.7 Å². The zero-order valence-corrected chi connectivity index (χ0v) is 12.3. The van der Waals surface area contributed by atoms with Crippen molar-refractivity contribution in [2.75, 3.05) is 18.8 Å². The number of sulfonamides is 1. The van der Waals surface area contributed by atoms with E-state index >= 15 is 0 Å². The molecule has 0 aromatic heterocycles. The van der Waals surface area contributed by atoms with E-state index in [9.17, 15) is 13.2 Å². The number of amides is 1. The highest BCUT2D eigenvalue weighted by Gasteiger charge is 2.24.